The summed E-state index contributed by atoms with van der Waals surface area (Å²) in [6, 6.07) is 0. The molecule has 0 aromatic heterocycles. The predicted molar refractivity (Wildman–Crippen MR) is 43.0 cm³/mol. The molecule has 0 rings (SSSR count). The first-order valence-electron chi connectivity index (χ1n) is 3.25. The standard InChI is InChI=1S/C6H10O5S.Na.H/c1-3-5-11-12(8,9)6(7)10-4-2;;/h3,5H,4H2,1-2H3;;/q;+1;-1. The van der Waals surface area contributed by atoms with Gasteiger partial charge in [-0.1, -0.05) is 6.08 Å². The van der Waals surface area contributed by atoms with Crippen LogP contribution in [0.1, 0.15) is 15.3 Å². The zero-order valence-corrected chi connectivity index (χ0v) is 10.6. The Bertz CT molecular complexity index is 274. The second kappa shape index (κ2) is 7.37. The predicted octanol–water partition coefficient (Wildman–Crippen LogP) is -1.86. The molecule has 0 aromatic rings. The van der Waals surface area contributed by atoms with Crippen molar-refractivity contribution >= 4 is 15.4 Å². The fourth-order valence-electron chi connectivity index (χ4n) is 0.358. The van der Waals surface area contributed by atoms with Crippen molar-refractivity contribution in [3.63, 3.8) is 0 Å². The minimum absolute atomic E-state index is 0. The molecule has 0 radical (unpaired) electrons. The molecule has 0 saturated carbocycles. The van der Waals surface area contributed by atoms with Crippen LogP contribution in [0.3, 0.4) is 0 Å². The molecule has 5 nitrogen and oxygen atoms in total. The summed E-state index contributed by atoms with van der Waals surface area (Å²) in [5.41, 5.74) is 0. The third-order valence-corrected chi connectivity index (χ3v) is 1.68. The summed E-state index contributed by atoms with van der Waals surface area (Å²) in [5, 5.41) is -1.37. The van der Waals surface area contributed by atoms with E-state index in [0.29, 0.717) is 0 Å². The van der Waals surface area contributed by atoms with Gasteiger partial charge >= 0.3 is 45.0 Å². The van der Waals surface area contributed by atoms with Crippen LogP contribution in [0.5, 0.6) is 0 Å². The van der Waals surface area contributed by atoms with Crippen molar-refractivity contribution in [3.8, 4) is 0 Å². The first kappa shape index (κ1) is 15.4. The third-order valence-electron chi connectivity index (χ3n) is 0.785. The molecule has 72 valence electrons. The molecule has 0 aliphatic rings. The number of allylic oxidation sites excluding steroid dienone is 1. The van der Waals surface area contributed by atoms with E-state index in [1.165, 1.54) is 13.0 Å². The normalized spacial score (nSPS) is 10.6. The van der Waals surface area contributed by atoms with Crippen molar-refractivity contribution in [2.45, 2.75) is 13.8 Å². The van der Waals surface area contributed by atoms with Crippen molar-refractivity contribution in [2.24, 2.45) is 0 Å². The number of hydrogen-bond donors (Lipinski definition) is 0. The maximum Gasteiger partial charge on any atom is 1.00 e. The van der Waals surface area contributed by atoms with Crippen LogP contribution < -0.4 is 29.6 Å². The van der Waals surface area contributed by atoms with Crippen LogP contribution in [0.2, 0.25) is 0 Å². The molecule has 0 spiro atoms. The Balaban J connectivity index is -0.000000605. The first-order valence-corrected chi connectivity index (χ1v) is 4.66. The second-order valence-corrected chi connectivity index (χ2v) is 3.14. The van der Waals surface area contributed by atoms with E-state index in [-0.39, 0.29) is 37.6 Å². The molecule has 0 unspecified atom stereocenters. The van der Waals surface area contributed by atoms with Gasteiger partial charge in [-0.2, -0.15) is 8.42 Å². The van der Waals surface area contributed by atoms with E-state index in [0.717, 1.165) is 6.26 Å². The fourth-order valence-corrected chi connectivity index (χ4v) is 0.956. The van der Waals surface area contributed by atoms with E-state index in [2.05, 4.69) is 8.92 Å². The Morgan fingerprint density at radius 3 is 2.46 bits per heavy atom. The molecule has 0 aliphatic heterocycles. The second-order valence-electron chi connectivity index (χ2n) is 1.70. The van der Waals surface area contributed by atoms with Crippen molar-refractivity contribution in [1.82, 2.24) is 0 Å². The van der Waals surface area contributed by atoms with Gasteiger partial charge < -0.3 is 10.3 Å². The quantitative estimate of drug-likeness (QED) is 0.240. The van der Waals surface area contributed by atoms with Gasteiger partial charge in [0.2, 0.25) is 0 Å². The maximum atomic E-state index is 10.7. The average molecular weight is 218 g/mol. The number of ether oxygens (including phenoxy) is 1. The van der Waals surface area contributed by atoms with Crippen LogP contribution in [0.25, 0.3) is 0 Å². The third kappa shape index (κ3) is 6.09. The number of rotatable bonds is 3. The van der Waals surface area contributed by atoms with E-state index in [4.69, 9.17) is 0 Å². The molecule has 0 amide bonds. The SMILES string of the molecule is CC=COS(=O)(=O)C(=O)OCC.[H-].[Na+]. The van der Waals surface area contributed by atoms with E-state index < -0.39 is 15.4 Å². The molecular weight excluding hydrogens is 207 g/mol. The van der Waals surface area contributed by atoms with Crippen molar-refractivity contribution in [2.75, 3.05) is 6.61 Å². The zero-order valence-electron chi connectivity index (χ0n) is 8.81. The monoisotopic (exact) mass is 218 g/mol. The van der Waals surface area contributed by atoms with Gasteiger partial charge in [0.15, 0.2) is 0 Å². The van der Waals surface area contributed by atoms with E-state index in [1.807, 2.05) is 0 Å². The molecule has 0 atom stereocenters. The molecular formula is C6H11NaO5S. The molecule has 0 heterocycles. The Labute approximate surface area is 101 Å². The van der Waals surface area contributed by atoms with Gasteiger partial charge in [-0.05, 0) is 13.8 Å². The van der Waals surface area contributed by atoms with Crippen LogP contribution >= 0.6 is 0 Å². The zero-order chi connectivity index (χ0) is 9.61. The van der Waals surface area contributed by atoms with Crippen molar-refractivity contribution < 1.29 is 53.1 Å². The Hall–Kier alpha value is -0.0400. The fraction of sp³-hybridized carbons (Fsp3) is 0.500. The number of carbonyl (C=O) groups excluding carboxylic acids is 1. The molecule has 0 N–H and O–H groups in total. The number of carbonyl (C=O) groups is 1. The molecule has 7 heteroatoms. The van der Waals surface area contributed by atoms with E-state index >= 15 is 0 Å². The smallest absolute Gasteiger partial charge is 1.00 e. The molecule has 0 bridgehead atoms. The van der Waals surface area contributed by atoms with Crippen LogP contribution in [0.15, 0.2) is 12.3 Å². The van der Waals surface area contributed by atoms with E-state index in [1.54, 1.807) is 6.92 Å². The average Bonchev–Trinajstić information content (AvgIpc) is 2.01. The largest absolute Gasteiger partial charge is 1.00 e. The van der Waals surface area contributed by atoms with Gasteiger partial charge in [-0.3, -0.25) is 0 Å². The minimum atomic E-state index is -4.23. The molecule has 0 saturated heterocycles. The van der Waals surface area contributed by atoms with Crippen LogP contribution in [-0.4, -0.2) is 20.3 Å². The molecule has 0 aliphatic carbocycles. The van der Waals surface area contributed by atoms with Gasteiger partial charge in [0.1, 0.15) is 6.26 Å². The topological polar surface area (TPSA) is 69.7 Å². The van der Waals surface area contributed by atoms with Gasteiger partial charge in [-0.15, -0.1) is 0 Å². The van der Waals surface area contributed by atoms with Crippen LogP contribution in [0.4, 0.5) is 4.79 Å². The maximum absolute atomic E-state index is 10.7. The Morgan fingerprint density at radius 2 is 2.08 bits per heavy atom. The van der Waals surface area contributed by atoms with Crippen molar-refractivity contribution in [1.29, 1.82) is 0 Å². The summed E-state index contributed by atoms with van der Waals surface area (Å²) in [6.45, 7) is 3.06. The Kier molecular flexibility index (Phi) is 8.75. The molecule has 0 aromatic carbocycles. The molecule has 0 fully saturated rings. The van der Waals surface area contributed by atoms with Gasteiger partial charge in [0, 0.05) is 0 Å². The van der Waals surface area contributed by atoms with Gasteiger partial charge in [0.25, 0.3) is 0 Å². The van der Waals surface area contributed by atoms with Crippen molar-refractivity contribution in [3.05, 3.63) is 12.3 Å². The first-order chi connectivity index (χ1) is 5.54. The molecule has 13 heavy (non-hydrogen) atoms. The minimum Gasteiger partial charge on any atom is -1.00 e. The van der Waals surface area contributed by atoms with Gasteiger partial charge in [-0.25, -0.2) is 4.79 Å². The summed E-state index contributed by atoms with van der Waals surface area (Å²) < 4.78 is 29.8. The summed E-state index contributed by atoms with van der Waals surface area (Å²) in [4.78, 5) is 10.6. The summed E-state index contributed by atoms with van der Waals surface area (Å²) >= 11 is 0. The summed E-state index contributed by atoms with van der Waals surface area (Å²) in [5.74, 6) is 0. The number of hydrogen-bond acceptors (Lipinski definition) is 5. The Morgan fingerprint density at radius 1 is 1.54 bits per heavy atom. The van der Waals surface area contributed by atoms with Crippen LogP contribution in [0, 0.1) is 0 Å². The summed E-state index contributed by atoms with van der Waals surface area (Å²) in [7, 11) is -4.23. The van der Waals surface area contributed by atoms with E-state index in [9.17, 15) is 13.2 Å². The van der Waals surface area contributed by atoms with Crippen LogP contribution in [-0.2, 0) is 19.0 Å². The summed E-state index contributed by atoms with van der Waals surface area (Å²) in [6.07, 6.45) is 2.24. The van der Waals surface area contributed by atoms with Gasteiger partial charge in [0.05, 0.1) is 6.61 Å².